The number of ether oxygens (including phenoxy) is 1. The van der Waals surface area contributed by atoms with E-state index in [4.69, 9.17) is 16.3 Å². The highest BCUT2D eigenvalue weighted by Crippen LogP contribution is 2.35. The van der Waals surface area contributed by atoms with E-state index in [2.05, 4.69) is 5.32 Å². The van der Waals surface area contributed by atoms with Crippen molar-refractivity contribution in [3.05, 3.63) is 28.8 Å². The summed E-state index contributed by atoms with van der Waals surface area (Å²) in [6.45, 7) is 2.19. The first-order valence-electron chi connectivity index (χ1n) is 8.21. The van der Waals surface area contributed by atoms with E-state index in [9.17, 15) is 22.8 Å². The molecule has 0 radical (unpaired) electrons. The summed E-state index contributed by atoms with van der Waals surface area (Å²) in [5.74, 6) is -0.812. The maximum atomic E-state index is 12.9. The molecule has 0 aliphatic carbocycles. The summed E-state index contributed by atoms with van der Waals surface area (Å²) in [6, 6.07) is 2.75. The third-order valence-corrected chi connectivity index (χ3v) is 4.38. The van der Waals surface area contributed by atoms with Crippen LogP contribution in [-0.4, -0.2) is 37.6 Å². The van der Waals surface area contributed by atoms with Crippen molar-refractivity contribution in [2.75, 3.05) is 24.6 Å². The molecule has 1 heterocycles. The van der Waals surface area contributed by atoms with Gasteiger partial charge in [0.15, 0.2) is 0 Å². The third kappa shape index (κ3) is 5.60. The highest BCUT2D eigenvalue weighted by molar-refractivity contribution is 6.33. The van der Waals surface area contributed by atoms with Crippen molar-refractivity contribution in [2.24, 2.45) is 0 Å². The van der Waals surface area contributed by atoms with E-state index in [0.29, 0.717) is 13.2 Å². The van der Waals surface area contributed by atoms with Crippen LogP contribution in [0.3, 0.4) is 0 Å². The van der Waals surface area contributed by atoms with Gasteiger partial charge in [0.25, 0.3) is 0 Å². The summed E-state index contributed by atoms with van der Waals surface area (Å²) in [6.07, 6.45) is -2.80. The van der Waals surface area contributed by atoms with Gasteiger partial charge in [0.2, 0.25) is 11.8 Å². The van der Waals surface area contributed by atoms with E-state index in [-0.39, 0.29) is 35.7 Å². The van der Waals surface area contributed by atoms with Gasteiger partial charge in [-0.1, -0.05) is 11.6 Å². The molecule has 1 aliphatic rings. The first-order valence-corrected chi connectivity index (χ1v) is 8.59. The molecule has 5 nitrogen and oxygen atoms in total. The number of carbonyl (C=O) groups is 2. The number of halogens is 4. The molecule has 0 bridgehead atoms. The summed E-state index contributed by atoms with van der Waals surface area (Å²) in [4.78, 5) is 24.9. The third-order valence-electron chi connectivity index (χ3n) is 4.06. The minimum Gasteiger partial charge on any atom is -0.376 e. The predicted octanol–water partition coefficient (Wildman–Crippen LogP) is 3.40. The monoisotopic (exact) mass is 392 g/mol. The van der Waals surface area contributed by atoms with Crippen molar-refractivity contribution in [3.8, 4) is 0 Å². The van der Waals surface area contributed by atoms with Crippen molar-refractivity contribution in [1.82, 2.24) is 5.32 Å². The van der Waals surface area contributed by atoms with E-state index in [0.717, 1.165) is 35.9 Å². The number of hydrogen-bond acceptors (Lipinski definition) is 3. The normalized spacial score (nSPS) is 17.2. The van der Waals surface area contributed by atoms with Gasteiger partial charge < -0.3 is 15.0 Å². The quantitative estimate of drug-likeness (QED) is 0.807. The zero-order chi connectivity index (χ0) is 19.3. The SMILES string of the molecule is CC(=O)N(CCC(=O)NCC1CCCO1)c1cc(C(F)(F)F)ccc1Cl. The summed E-state index contributed by atoms with van der Waals surface area (Å²) in [5.41, 5.74) is -0.980. The molecule has 1 N–H and O–H groups in total. The van der Waals surface area contributed by atoms with Crippen LogP contribution in [0.5, 0.6) is 0 Å². The van der Waals surface area contributed by atoms with Gasteiger partial charge in [-0.25, -0.2) is 0 Å². The van der Waals surface area contributed by atoms with Gasteiger partial charge in [-0.2, -0.15) is 13.2 Å². The number of hydrogen-bond donors (Lipinski definition) is 1. The number of alkyl halides is 3. The Kier molecular flexibility index (Phi) is 6.88. The Morgan fingerprint density at radius 2 is 2.12 bits per heavy atom. The molecule has 1 aliphatic heterocycles. The molecule has 0 spiro atoms. The van der Waals surface area contributed by atoms with Gasteiger partial charge in [0.1, 0.15) is 0 Å². The molecule has 1 saturated heterocycles. The number of nitrogens with one attached hydrogen (secondary N) is 1. The maximum Gasteiger partial charge on any atom is 0.416 e. The molecular weight excluding hydrogens is 373 g/mol. The van der Waals surface area contributed by atoms with Crippen LogP contribution in [0.2, 0.25) is 5.02 Å². The number of rotatable bonds is 6. The van der Waals surface area contributed by atoms with E-state index in [1.807, 2.05) is 0 Å². The highest BCUT2D eigenvalue weighted by Gasteiger charge is 2.32. The summed E-state index contributed by atoms with van der Waals surface area (Å²) < 4.78 is 44.1. The Hall–Kier alpha value is -1.80. The average molecular weight is 393 g/mol. The van der Waals surface area contributed by atoms with Crippen LogP contribution in [0.25, 0.3) is 0 Å². The molecule has 1 aromatic carbocycles. The molecule has 26 heavy (non-hydrogen) atoms. The van der Waals surface area contributed by atoms with Crippen molar-refractivity contribution < 1.29 is 27.5 Å². The molecule has 144 valence electrons. The van der Waals surface area contributed by atoms with Crippen LogP contribution in [0.1, 0.15) is 31.7 Å². The largest absolute Gasteiger partial charge is 0.416 e. The number of carbonyl (C=O) groups excluding carboxylic acids is 2. The minimum absolute atomic E-state index is 0.00737. The fourth-order valence-electron chi connectivity index (χ4n) is 2.68. The van der Waals surface area contributed by atoms with Gasteiger partial charge in [0.05, 0.1) is 22.4 Å². The van der Waals surface area contributed by atoms with E-state index >= 15 is 0 Å². The molecule has 1 aromatic rings. The van der Waals surface area contributed by atoms with E-state index in [1.54, 1.807) is 0 Å². The second-order valence-corrected chi connectivity index (χ2v) is 6.43. The average Bonchev–Trinajstić information content (AvgIpc) is 3.06. The van der Waals surface area contributed by atoms with Crippen LogP contribution in [0.15, 0.2) is 18.2 Å². The van der Waals surface area contributed by atoms with Crippen molar-refractivity contribution in [3.63, 3.8) is 0 Å². The molecule has 0 aromatic heterocycles. The predicted molar refractivity (Wildman–Crippen MR) is 91.1 cm³/mol. The molecule has 0 saturated carbocycles. The van der Waals surface area contributed by atoms with Gasteiger partial charge >= 0.3 is 6.18 Å². The van der Waals surface area contributed by atoms with Gasteiger partial charge in [-0.3, -0.25) is 9.59 Å². The topological polar surface area (TPSA) is 58.6 Å². The van der Waals surface area contributed by atoms with Crippen molar-refractivity contribution in [1.29, 1.82) is 0 Å². The van der Waals surface area contributed by atoms with Crippen LogP contribution < -0.4 is 10.2 Å². The molecule has 1 unspecified atom stereocenters. The Balaban J connectivity index is 2.02. The van der Waals surface area contributed by atoms with E-state index < -0.39 is 17.6 Å². The van der Waals surface area contributed by atoms with Crippen LogP contribution >= 0.6 is 11.6 Å². The van der Waals surface area contributed by atoms with Gasteiger partial charge in [0, 0.05) is 33.0 Å². The standard InChI is InChI=1S/C17H20ClF3N2O3/c1-11(24)23(7-6-16(25)22-10-13-3-2-8-26-13)15-9-12(17(19,20)21)4-5-14(15)18/h4-5,9,13H,2-3,6-8,10H2,1H3,(H,22,25). The van der Waals surface area contributed by atoms with Crippen LogP contribution in [0, 0.1) is 0 Å². The van der Waals surface area contributed by atoms with Crippen molar-refractivity contribution in [2.45, 2.75) is 38.5 Å². The summed E-state index contributed by atoms with van der Waals surface area (Å²) in [5, 5.41) is 2.71. The Bertz CT molecular complexity index is 661. The minimum atomic E-state index is -4.56. The number of anilines is 1. The fourth-order valence-corrected chi connectivity index (χ4v) is 2.90. The smallest absolute Gasteiger partial charge is 0.376 e. The lowest BCUT2D eigenvalue weighted by molar-refractivity contribution is -0.137. The molecule has 2 amide bonds. The van der Waals surface area contributed by atoms with Gasteiger partial charge in [-0.05, 0) is 31.0 Å². The summed E-state index contributed by atoms with van der Waals surface area (Å²) in [7, 11) is 0. The fraction of sp³-hybridized carbons (Fsp3) is 0.529. The second-order valence-electron chi connectivity index (χ2n) is 6.02. The van der Waals surface area contributed by atoms with Crippen LogP contribution in [0.4, 0.5) is 18.9 Å². The number of nitrogens with zero attached hydrogens (tertiary/aromatic N) is 1. The first kappa shape index (κ1) is 20.5. The lowest BCUT2D eigenvalue weighted by Crippen LogP contribution is -2.36. The Morgan fingerprint density at radius 3 is 2.69 bits per heavy atom. The maximum absolute atomic E-state index is 12.9. The Morgan fingerprint density at radius 1 is 1.38 bits per heavy atom. The lowest BCUT2D eigenvalue weighted by atomic mass is 10.1. The number of benzene rings is 1. The molecule has 1 fully saturated rings. The second kappa shape index (κ2) is 8.73. The van der Waals surface area contributed by atoms with E-state index in [1.165, 1.54) is 6.92 Å². The van der Waals surface area contributed by atoms with Crippen molar-refractivity contribution >= 4 is 29.1 Å². The molecule has 9 heteroatoms. The molecular formula is C17H20ClF3N2O3. The zero-order valence-corrected chi connectivity index (χ0v) is 15.0. The number of amides is 2. The van der Waals surface area contributed by atoms with Gasteiger partial charge in [-0.15, -0.1) is 0 Å². The molecule has 1 atom stereocenters. The molecule has 2 rings (SSSR count). The highest BCUT2D eigenvalue weighted by atomic mass is 35.5. The lowest BCUT2D eigenvalue weighted by Gasteiger charge is -2.23. The Labute approximate surface area is 154 Å². The first-order chi connectivity index (χ1) is 12.2. The summed E-state index contributed by atoms with van der Waals surface area (Å²) >= 11 is 5.97. The van der Waals surface area contributed by atoms with Crippen LogP contribution in [-0.2, 0) is 20.5 Å². The zero-order valence-electron chi connectivity index (χ0n) is 14.2.